The number of ether oxygens (including phenoxy) is 1. The minimum atomic E-state index is 0.210. The molecule has 2 heterocycles. The number of imidazole rings is 2. The van der Waals surface area contributed by atoms with E-state index in [-0.39, 0.29) is 6.17 Å². The number of hydrogen-bond acceptors (Lipinski definition) is 4. The summed E-state index contributed by atoms with van der Waals surface area (Å²) in [5, 5.41) is 3.46. The van der Waals surface area contributed by atoms with Gasteiger partial charge in [0.1, 0.15) is 6.17 Å². The highest BCUT2D eigenvalue weighted by atomic mass is 16.5. The molecule has 0 saturated heterocycles. The van der Waals surface area contributed by atoms with E-state index in [1.807, 2.05) is 37.4 Å². The average Bonchev–Trinajstić information content (AvgIpc) is 3.30. The van der Waals surface area contributed by atoms with Crippen LogP contribution in [0.15, 0.2) is 37.4 Å². The van der Waals surface area contributed by atoms with Gasteiger partial charge in [-0.3, -0.25) is 0 Å². The van der Waals surface area contributed by atoms with Crippen molar-refractivity contribution in [3.8, 4) is 0 Å². The SMILES string of the molecule is CCCCCCCOCCNCCC(n1ccnc1)n1ccnc1. The first-order valence-corrected chi connectivity index (χ1v) is 9.15. The van der Waals surface area contributed by atoms with E-state index in [2.05, 4.69) is 31.3 Å². The molecule has 24 heavy (non-hydrogen) atoms. The Balaban J connectivity index is 1.54. The summed E-state index contributed by atoms with van der Waals surface area (Å²) in [6.45, 7) is 5.75. The molecule has 0 amide bonds. The summed E-state index contributed by atoms with van der Waals surface area (Å²) in [5.74, 6) is 0. The van der Waals surface area contributed by atoms with Crippen LogP contribution in [0, 0.1) is 0 Å². The Labute approximate surface area is 145 Å². The summed E-state index contributed by atoms with van der Waals surface area (Å²) >= 11 is 0. The molecule has 0 aliphatic heterocycles. The fourth-order valence-corrected chi connectivity index (χ4v) is 2.75. The molecule has 134 valence electrons. The zero-order valence-corrected chi connectivity index (χ0v) is 14.8. The minimum absolute atomic E-state index is 0.210. The highest BCUT2D eigenvalue weighted by Gasteiger charge is 2.11. The molecule has 0 bridgehead atoms. The molecule has 0 fully saturated rings. The van der Waals surface area contributed by atoms with Gasteiger partial charge in [0.15, 0.2) is 0 Å². The van der Waals surface area contributed by atoms with Crippen LogP contribution in [0.25, 0.3) is 0 Å². The third kappa shape index (κ3) is 6.84. The molecule has 6 nitrogen and oxygen atoms in total. The quantitative estimate of drug-likeness (QED) is 0.540. The van der Waals surface area contributed by atoms with Crippen molar-refractivity contribution in [1.29, 1.82) is 0 Å². The van der Waals surface area contributed by atoms with Gasteiger partial charge in [0.25, 0.3) is 0 Å². The summed E-state index contributed by atoms with van der Waals surface area (Å²) in [7, 11) is 0. The lowest BCUT2D eigenvalue weighted by molar-refractivity contribution is 0.131. The fraction of sp³-hybridized carbons (Fsp3) is 0.667. The van der Waals surface area contributed by atoms with Crippen LogP contribution in [0.3, 0.4) is 0 Å². The van der Waals surface area contributed by atoms with Gasteiger partial charge in [-0.05, 0) is 19.4 Å². The molecule has 0 aromatic carbocycles. The van der Waals surface area contributed by atoms with Crippen LogP contribution in [-0.2, 0) is 4.74 Å². The molecular weight excluding hydrogens is 302 g/mol. The molecule has 1 N–H and O–H groups in total. The van der Waals surface area contributed by atoms with Crippen molar-refractivity contribution in [3.63, 3.8) is 0 Å². The first-order chi connectivity index (χ1) is 11.9. The van der Waals surface area contributed by atoms with Crippen LogP contribution in [-0.4, -0.2) is 45.4 Å². The number of hydrogen-bond donors (Lipinski definition) is 1. The van der Waals surface area contributed by atoms with E-state index in [0.717, 1.165) is 32.7 Å². The highest BCUT2D eigenvalue weighted by molar-refractivity contribution is 4.86. The van der Waals surface area contributed by atoms with Crippen molar-refractivity contribution in [3.05, 3.63) is 37.4 Å². The molecule has 2 aromatic rings. The van der Waals surface area contributed by atoms with Crippen LogP contribution in [0.1, 0.15) is 51.6 Å². The zero-order valence-electron chi connectivity index (χ0n) is 14.8. The zero-order chi connectivity index (χ0) is 16.9. The lowest BCUT2D eigenvalue weighted by Crippen LogP contribution is -2.26. The van der Waals surface area contributed by atoms with Crippen LogP contribution in [0.2, 0.25) is 0 Å². The smallest absolute Gasteiger partial charge is 0.113 e. The van der Waals surface area contributed by atoms with Crippen molar-refractivity contribution in [1.82, 2.24) is 24.4 Å². The summed E-state index contributed by atoms with van der Waals surface area (Å²) < 4.78 is 9.89. The molecule has 2 aromatic heterocycles. The molecule has 0 aliphatic rings. The molecule has 0 spiro atoms. The van der Waals surface area contributed by atoms with Gasteiger partial charge in [0, 0.05) is 37.9 Å². The van der Waals surface area contributed by atoms with E-state index in [9.17, 15) is 0 Å². The minimum Gasteiger partial charge on any atom is -0.380 e. The normalized spacial score (nSPS) is 11.4. The first kappa shape index (κ1) is 18.7. The van der Waals surface area contributed by atoms with E-state index in [4.69, 9.17) is 4.74 Å². The predicted molar refractivity (Wildman–Crippen MR) is 96.0 cm³/mol. The van der Waals surface area contributed by atoms with Gasteiger partial charge < -0.3 is 19.2 Å². The van der Waals surface area contributed by atoms with Crippen LogP contribution in [0.5, 0.6) is 0 Å². The van der Waals surface area contributed by atoms with E-state index in [0.29, 0.717) is 0 Å². The van der Waals surface area contributed by atoms with Gasteiger partial charge in [-0.15, -0.1) is 0 Å². The van der Waals surface area contributed by atoms with E-state index >= 15 is 0 Å². The molecule has 0 radical (unpaired) electrons. The van der Waals surface area contributed by atoms with Crippen molar-refractivity contribution < 1.29 is 4.74 Å². The molecule has 0 unspecified atom stereocenters. The third-order valence-electron chi connectivity index (χ3n) is 4.13. The third-order valence-corrected chi connectivity index (χ3v) is 4.13. The molecule has 0 saturated carbocycles. The second-order valence-corrected chi connectivity index (χ2v) is 6.07. The van der Waals surface area contributed by atoms with Crippen LogP contribution >= 0.6 is 0 Å². The lowest BCUT2D eigenvalue weighted by Gasteiger charge is -2.20. The Bertz CT molecular complexity index is 463. The largest absolute Gasteiger partial charge is 0.380 e. The maximum Gasteiger partial charge on any atom is 0.113 e. The molecule has 0 aliphatic carbocycles. The Morgan fingerprint density at radius 2 is 1.62 bits per heavy atom. The van der Waals surface area contributed by atoms with Crippen molar-refractivity contribution >= 4 is 0 Å². The van der Waals surface area contributed by atoms with E-state index < -0.39 is 0 Å². The molecule has 6 heteroatoms. The van der Waals surface area contributed by atoms with E-state index in [1.54, 1.807) is 0 Å². The predicted octanol–water partition coefficient (Wildman–Crippen LogP) is 3.09. The topological polar surface area (TPSA) is 56.9 Å². The van der Waals surface area contributed by atoms with Crippen molar-refractivity contribution in [2.45, 2.75) is 51.6 Å². The van der Waals surface area contributed by atoms with Gasteiger partial charge in [-0.25, -0.2) is 9.97 Å². The van der Waals surface area contributed by atoms with Gasteiger partial charge in [-0.2, -0.15) is 0 Å². The van der Waals surface area contributed by atoms with Gasteiger partial charge in [0.05, 0.1) is 19.3 Å². The average molecular weight is 333 g/mol. The monoisotopic (exact) mass is 333 g/mol. The van der Waals surface area contributed by atoms with Gasteiger partial charge in [0.2, 0.25) is 0 Å². The summed E-state index contributed by atoms with van der Waals surface area (Å²) in [6, 6.07) is 0. The second kappa shape index (κ2) is 11.8. The fourth-order valence-electron chi connectivity index (χ4n) is 2.75. The van der Waals surface area contributed by atoms with Crippen LogP contribution < -0.4 is 5.32 Å². The Morgan fingerprint density at radius 3 is 2.25 bits per heavy atom. The number of nitrogens with zero attached hydrogens (tertiary/aromatic N) is 4. The first-order valence-electron chi connectivity index (χ1n) is 9.15. The summed E-state index contributed by atoms with van der Waals surface area (Å²) in [5.41, 5.74) is 0. The summed E-state index contributed by atoms with van der Waals surface area (Å²) in [6.07, 6.45) is 18.9. The molecule has 2 rings (SSSR count). The Hall–Kier alpha value is -1.66. The molecular formula is C18H31N5O. The Morgan fingerprint density at radius 1 is 0.917 bits per heavy atom. The molecule has 0 atom stereocenters. The number of aromatic nitrogens is 4. The van der Waals surface area contributed by atoms with Crippen molar-refractivity contribution in [2.75, 3.05) is 26.3 Å². The number of nitrogens with one attached hydrogen (secondary N) is 1. The van der Waals surface area contributed by atoms with Crippen LogP contribution in [0.4, 0.5) is 0 Å². The van der Waals surface area contributed by atoms with Crippen molar-refractivity contribution in [2.24, 2.45) is 0 Å². The number of unbranched alkanes of at least 4 members (excludes halogenated alkanes) is 4. The van der Waals surface area contributed by atoms with E-state index in [1.165, 1.54) is 32.1 Å². The second-order valence-electron chi connectivity index (χ2n) is 6.07. The maximum atomic E-state index is 5.67. The standard InChI is InChI=1S/C18H31N5O/c1-2-3-4-5-6-14-24-15-11-19-8-7-18(22-12-9-20-16-22)23-13-10-21-17-23/h9-10,12-13,16-19H,2-8,11,14-15H2,1H3. The Kier molecular flexibility index (Phi) is 9.19. The maximum absolute atomic E-state index is 5.67. The van der Waals surface area contributed by atoms with Gasteiger partial charge >= 0.3 is 0 Å². The lowest BCUT2D eigenvalue weighted by atomic mass is 10.2. The summed E-state index contributed by atoms with van der Waals surface area (Å²) in [4.78, 5) is 8.29. The highest BCUT2D eigenvalue weighted by Crippen LogP contribution is 2.13. The van der Waals surface area contributed by atoms with Gasteiger partial charge in [-0.1, -0.05) is 32.6 Å². The number of rotatable bonds is 14.